The molecule has 7 nitrogen and oxygen atoms in total. The second-order valence-corrected chi connectivity index (χ2v) is 9.23. The van der Waals surface area contributed by atoms with Gasteiger partial charge in [0, 0.05) is 43.4 Å². The zero-order valence-electron chi connectivity index (χ0n) is 17.1. The van der Waals surface area contributed by atoms with Crippen LogP contribution in [0.5, 0.6) is 5.88 Å². The number of carbonyl (C=O) groups is 2. The summed E-state index contributed by atoms with van der Waals surface area (Å²) >= 11 is 0.888. The van der Waals surface area contributed by atoms with E-state index in [1.54, 1.807) is 6.92 Å². The SMILES string of the molecule is CNC(=O)c1c(C)sc2c(C(F)(F)F)cc(OC3CC(NC(=O)NCC4CC4)C3)nc12. The number of pyridine rings is 1. The van der Waals surface area contributed by atoms with Crippen LogP contribution in [-0.2, 0) is 6.18 Å². The van der Waals surface area contributed by atoms with E-state index in [-0.39, 0.29) is 39.8 Å². The molecule has 0 atom stereocenters. The Balaban J connectivity index is 1.47. The number of ether oxygens (including phenoxy) is 1. The minimum atomic E-state index is -4.61. The fourth-order valence-corrected chi connectivity index (χ4v) is 4.69. The Bertz CT molecular complexity index is 1010. The smallest absolute Gasteiger partial charge is 0.418 e. The van der Waals surface area contributed by atoms with Crippen LogP contribution in [0.3, 0.4) is 0 Å². The van der Waals surface area contributed by atoms with E-state index >= 15 is 0 Å². The van der Waals surface area contributed by atoms with Crippen LogP contribution in [0.1, 0.15) is 46.5 Å². The van der Waals surface area contributed by atoms with Crippen LogP contribution in [-0.4, -0.2) is 42.7 Å². The Kier molecular flexibility index (Phi) is 5.71. The second kappa shape index (κ2) is 8.18. The number of thiophene rings is 1. The predicted octanol–water partition coefficient (Wildman–Crippen LogP) is 3.60. The quantitative estimate of drug-likeness (QED) is 0.619. The van der Waals surface area contributed by atoms with Gasteiger partial charge in [0.25, 0.3) is 5.91 Å². The van der Waals surface area contributed by atoms with E-state index in [0.29, 0.717) is 30.2 Å². The minimum absolute atomic E-state index is 0.0138. The number of alkyl halides is 3. The van der Waals surface area contributed by atoms with Crippen LogP contribution in [0.15, 0.2) is 6.07 Å². The Morgan fingerprint density at radius 3 is 2.61 bits per heavy atom. The molecule has 11 heteroatoms. The lowest BCUT2D eigenvalue weighted by atomic mass is 9.89. The fraction of sp³-hybridized carbons (Fsp3) is 0.550. The number of amides is 3. The number of nitrogens with one attached hydrogen (secondary N) is 3. The van der Waals surface area contributed by atoms with Gasteiger partial charge in [-0.1, -0.05) is 0 Å². The maximum absolute atomic E-state index is 13.7. The summed E-state index contributed by atoms with van der Waals surface area (Å²) in [7, 11) is 1.42. The first kappa shape index (κ1) is 21.7. The van der Waals surface area contributed by atoms with Crippen molar-refractivity contribution in [1.29, 1.82) is 0 Å². The molecule has 2 aromatic rings. The monoisotopic (exact) mass is 456 g/mol. The molecule has 31 heavy (non-hydrogen) atoms. The summed E-state index contributed by atoms with van der Waals surface area (Å²) in [4.78, 5) is 28.7. The first-order valence-electron chi connectivity index (χ1n) is 10.1. The first-order chi connectivity index (χ1) is 14.7. The average molecular weight is 456 g/mol. The van der Waals surface area contributed by atoms with E-state index < -0.39 is 17.6 Å². The number of nitrogens with zero attached hydrogens (tertiary/aromatic N) is 1. The van der Waals surface area contributed by atoms with Gasteiger partial charge in [-0.3, -0.25) is 4.79 Å². The lowest BCUT2D eigenvalue weighted by molar-refractivity contribution is -0.136. The molecule has 2 heterocycles. The molecule has 0 unspecified atom stereocenters. The van der Waals surface area contributed by atoms with Crippen molar-refractivity contribution >= 4 is 33.5 Å². The van der Waals surface area contributed by atoms with Gasteiger partial charge in [0.1, 0.15) is 6.10 Å². The van der Waals surface area contributed by atoms with E-state index in [1.807, 2.05) is 0 Å². The number of halogens is 3. The molecular formula is C20H23F3N4O3S. The highest BCUT2D eigenvalue weighted by atomic mass is 32.1. The largest absolute Gasteiger partial charge is 0.474 e. The topological polar surface area (TPSA) is 92.4 Å². The molecule has 2 fully saturated rings. The molecule has 0 bridgehead atoms. The summed E-state index contributed by atoms with van der Waals surface area (Å²) in [5.41, 5.74) is -0.761. The number of aromatic nitrogens is 1. The summed E-state index contributed by atoms with van der Waals surface area (Å²) < 4.78 is 46.6. The Morgan fingerprint density at radius 2 is 2.00 bits per heavy atom. The number of carbonyl (C=O) groups excluding carboxylic acids is 2. The number of aryl methyl sites for hydroxylation is 1. The summed E-state index contributed by atoms with van der Waals surface area (Å²) in [6.45, 7) is 2.25. The van der Waals surface area contributed by atoms with Crippen molar-refractivity contribution in [1.82, 2.24) is 20.9 Å². The lowest BCUT2D eigenvalue weighted by Gasteiger charge is -2.35. The fourth-order valence-electron chi connectivity index (χ4n) is 3.56. The number of hydrogen-bond acceptors (Lipinski definition) is 5. The number of hydrogen-bond donors (Lipinski definition) is 3. The maximum atomic E-state index is 13.7. The summed E-state index contributed by atoms with van der Waals surface area (Å²) in [6, 6.07) is 0.549. The van der Waals surface area contributed by atoms with Crippen LogP contribution in [0.25, 0.3) is 10.2 Å². The normalized spacial score (nSPS) is 20.8. The van der Waals surface area contributed by atoms with Gasteiger partial charge in [-0.05, 0) is 25.7 Å². The number of rotatable bonds is 6. The highest BCUT2D eigenvalue weighted by molar-refractivity contribution is 7.19. The van der Waals surface area contributed by atoms with Crippen LogP contribution in [0, 0.1) is 12.8 Å². The lowest BCUT2D eigenvalue weighted by Crippen LogP contribution is -2.52. The van der Waals surface area contributed by atoms with Gasteiger partial charge in [0.15, 0.2) is 0 Å². The summed E-state index contributed by atoms with van der Waals surface area (Å²) in [5.74, 6) is -0.0940. The van der Waals surface area contributed by atoms with Crippen LogP contribution in [0.2, 0.25) is 0 Å². The minimum Gasteiger partial charge on any atom is -0.474 e. The van der Waals surface area contributed by atoms with E-state index in [0.717, 1.165) is 30.2 Å². The highest BCUT2D eigenvalue weighted by Crippen LogP contribution is 2.42. The predicted molar refractivity (Wildman–Crippen MR) is 109 cm³/mol. The van der Waals surface area contributed by atoms with E-state index in [4.69, 9.17) is 4.74 Å². The van der Waals surface area contributed by atoms with Crippen LogP contribution in [0.4, 0.5) is 18.0 Å². The molecule has 0 saturated heterocycles. The van der Waals surface area contributed by atoms with Gasteiger partial charge in [-0.15, -0.1) is 11.3 Å². The van der Waals surface area contributed by atoms with Crippen molar-refractivity contribution < 1.29 is 27.5 Å². The van der Waals surface area contributed by atoms with Crippen LogP contribution >= 0.6 is 11.3 Å². The van der Waals surface area contributed by atoms with Crippen molar-refractivity contribution in [3.8, 4) is 5.88 Å². The molecule has 2 aliphatic carbocycles. The molecule has 2 aromatic heterocycles. The van der Waals surface area contributed by atoms with Gasteiger partial charge in [0.05, 0.1) is 21.3 Å². The van der Waals surface area contributed by atoms with Crippen molar-refractivity contribution in [3.63, 3.8) is 0 Å². The summed E-state index contributed by atoms with van der Waals surface area (Å²) in [5, 5.41) is 8.09. The second-order valence-electron chi connectivity index (χ2n) is 8.00. The molecule has 0 aliphatic heterocycles. The highest BCUT2D eigenvalue weighted by Gasteiger charge is 2.38. The van der Waals surface area contributed by atoms with Gasteiger partial charge in [-0.2, -0.15) is 13.2 Å². The maximum Gasteiger partial charge on any atom is 0.418 e. The zero-order chi connectivity index (χ0) is 22.3. The average Bonchev–Trinajstić information content (AvgIpc) is 3.44. The molecule has 168 valence electrons. The third-order valence-electron chi connectivity index (χ3n) is 5.52. The molecule has 0 aromatic carbocycles. The van der Waals surface area contributed by atoms with Gasteiger partial charge in [0.2, 0.25) is 5.88 Å². The molecule has 2 aliphatic rings. The van der Waals surface area contributed by atoms with Crippen LogP contribution < -0.4 is 20.7 Å². The van der Waals surface area contributed by atoms with Gasteiger partial charge in [-0.25, -0.2) is 9.78 Å². The van der Waals surface area contributed by atoms with E-state index in [1.165, 1.54) is 7.05 Å². The first-order valence-corrected chi connectivity index (χ1v) is 10.9. The third-order valence-corrected chi connectivity index (χ3v) is 6.65. The summed E-state index contributed by atoms with van der Waals surface area (Å²) in [6.07, 6.45) is -1.74. The number of fused-ring (bicyclic) bond motifs is 1. The Labute approximate surface area is 180 Å². The number of urea groups is 1. The van der Waals surface area contributed by atoms with Crippen molar-refractivity contribution in [2.24, 2.45) is 5.92 Å². The standard InChI is InChI=1S/C20H23F3N4O3S/c1-9-15(18(28)24-2)16-17(31-9)13(20(21,22)23)7-14(27-16)30-12-5-11(6-12)26-19(29)25-8-10-3-4-10/h7,10-12H,3-6,8H2,1-2H3,(H,24,28)(H2,25,26,29). The van der Waals surface area contributed by atoms with E-state index in [9.17, 15) is 22.8 Å². The van der Waals surface area contributed by atoms with Crippen molar-refractivity contribution in [2.45, 2.75) is 50.9 Å². The van der Waals surface area contributed by atoms with Gasteiger partial charge >= 0.3 is 12.2 Å². The molecule has 0 spiro atoms. The van der Waals surface area contributed by atoms with E-state index in [2.05, 4.69) is 20.9 Å². The zero-order valence-corrected chi connectivity index (χ0v) is 17.9. The molecular weight excluding hydrogens is 433 g/mol. The Morgan fingerprint density at radius 1 is 1.29 bits per heavy atom. The third kappa shape index (κ3) is 4.70. The molecule has 0 radical (unpaired) electrons. The molecule has 3 N–H and O–H groups in total. The van der Waals surface area contributed by atoms with Gasteiger partial charge < -0.3 is 20.7 Å². The molecule has 3 amide bonds. The van der Waals surface area contributed by atoms with Crippen molar-refractivity contribution in [3.05, 3.63) is 22.1 Å². The molecule has 4 rings (SSSR count). The Hall–Kier alpha value is -2.56. The molecule has 2 saturated carbocycles. The van der Waals surface area contributed by atoms with Crippen molar-refractivity contribution in [2.75, 3.05) is 13.6 Å².